The van der Waals surface area contributed by atoms with E-state index in [1.165, 1.54) is 16.8 Å². The maximum atomic E-state index is 13.1. The number of fused-ring (bicyclic) bond motifs is 1. The molecule has 0 aliphatic carbocycles. The van der Waals surface area contributed by atoms with E-state index >= 15 is 0 Å². The maximum Gasteiger partial charge on any atom is 0.416 e. The lowest BCUT2D eigenvalue weighted by atomic mass is 10.1. The third-order valence-electron chi connectivity index (χ3n) is 4.24. The SMILES string of the molecule is CCS(=O)c1ccc(Cl)cc1Cn1ccc2c(Cl)cc(C(F)(F)F)cc2c1=O. The fourth-order valence-electron chi connectivity index (χ4n) is 2.87. The topological polar surface area (TPSA) is 39.1 Å². The third kappa shape index (κ3) is 4.11. The molecule has 3 rings (SSSR count). The number of pyridine rings is 1. The molecule has 148 valence electrons. The molecule has 1 atom stereocenters. The molecule has 0 fully saturated rings. The summed E-state index contributed by atoms with van der Waals surface area (Å²) in [5, 5.41) is 0.356. The highest BCUT2D eigenvalue weighted by Gasteiger charge is 2.31. The van der Waals surface area contributed by atoms with E-state index in [0.717, 1.165) is 12.1 Å². The minimum atomic E-state index is -4.62. The van der Waals surface area contributed by atoms with Crippen LogP contribution in [0.5, 0.6) is 0 Å². The summed E-state index contributed by atoms with van der Waals surface area (Å²) >= 11 is 12.0. The van der Waals surface area contributed by atoms with Crippen LogP contribution < -0.4 is 5.56 Å². The zero-order valence-corrected chi connectivity index (χ0v) is 16.8. The lowest BCUT2D eigenvalue weighted by Gasteiger charge is -2.13. The molecule has 0 saturated heterocycles. The fourth-order valence-corrected chi connectivity index (χ4v) is 4.30. The van der Waals surface area contributed by atoms with Crippen molar-refractivity contribution >= 4 is 44.8 Å². The van der Waals surface area contributed by atoms with Crippen molar-refractivity contribution in [3.05, 3.63) is 74.1 Å². The van der Waals surface area contributed by atoms with Gasteiger partial charge in [0.25, 0.3) is 5.56 Å². The predicted molar refractivity (Wildman–Crippen MR) is 106 cm³/mol. The molecule has 0 spiro atoms. The highest BCUT2D eigenvalue weighted by Crippen LogP contribution is 2.34. The predicted octanol–water partition coefficient (Wildman–Crippen LogP) is 5.50. The van der Waals surface area contributed by atoms with Crippen LogP contribution in [0.25, 0.3) is 10.8 Å². The first-order valence-electron chi connectivity index (χ1n) is 8.18. The lowest BCUT2D eigenvalue weighted by Crippen LogP contribution is -2.21. The van der Waals surface area contributed by atoms with E-state index < -0.39 is 28.1 Å². The Morgan fingerprint density at radius 2 is 1.79 bits per heavy atom. The first kappa shape index (κ1) is 20.9. The Morgan fingerprint density at radius 3 is 2.43 bits per heavy atom. The molecule has 0 amide bonds. The zero-order chi connectivity index (χ0) is 20.6. The van der Waals surface area contributed by atoms with Gasteiger partial charge in [-0.2, -0.15) is 13.2 Å². The number of benzene rings is 2. The Bertz CT molecular complexity index is 1140. The smallest absolute Gasteiger partial charge is 0.311 e. The normalized spacial score (nSPS) is 13.1. The van der Waals surface area contributed by atoms with Crippen molar-refractivity contribution < 1.29 is 17.4 Å². The van der Waals surface area contributed by atoms with Gasteiger partial charge in [-0.05, 0) is 42.0 Å². The van der Waals surface area contributed by atoms with Crippen molar-refractivity contribution in [1.29, 1.82) is 0 Å². The van der Waals surface area contributed by atoms with E-state index in [-0.39, 0.29) is 22.3 Å². The van der Waals surface area contributed by atoms with Crippen molar-refractivity contribution in [1.82, 2.24) is 4.57 Å². The number of rotatable bonds is 4. The fraction of sp³-hybridized carbons (Fsp3) is 0.211. The Balaban J connectivity index is 2.16. The second kappa shape index (κ2) is 7.89. The summed E-state index contributed by atoms with van der Waals surface area (Å²) in [6, 6.07) is 7.91. The molecule has 1 aromatic heterocycles. The van der Waals surface area contributed by atoms with Gasteiger partial charge >= 0.3 is 6.18 Å². The van der Waals surface area contributed by atoms with Crippen LogP contribution in [0.3, 0.4) is 0 Å². The van der Waals surface area contributed by atoms with Gasteiger partial charge in [0.1, 0.15) is 0 Å². The molecule has 0 aliphatic heterocycles. The van der Waals surface area contributed by atoms with E-state index in [1.807, 2.05) is 0 Å². The maximum absolute atomic E-state index is 13.1. The van der Waals surface area contributed by atoms with Crippen molar-refractivity contribution in [2.45, 2.75) is 24.5 Å². The Morgan fingerprint density at radius 1 is 1.07 bits per heavy atom. The molecule has 1 unspecified atom stereocenters. The average molecular weight is 448 g/mol. The third-order valence-corrected chi connectivity index (χ3v) is 6.20. The molecule has 28 heavy (non-hydrogen) atoms. The monoisotopic (exact) mass is 447 g/mol. The number of hydrogen-bond donors (Lipinski definition) is 0. The molecule has 3 nitrogen and oxygen atoms in total. The quantitative estimate of drug-likeness (QED) is 0.529. The molecule has 0 saturated carbocycles. The van der Waals surface area contributed by atoms with Gasteiger partial charge in [0.05, 0.1) is 22.9 Å². The van der Waals surface area contributed by atoms with Gasteiger partial charge in [-0.3, -0.25) is 9.00 Å². The van der Waals surface area contributed by atoms with Gasteiger partial charge in [0.2, 0.25) is 0 Å². The summed E-state index contributed by atoms with van der Waals surface area (Å²) in [7, 11) is -1.28. The number of nitrogens with zero attached hydrogens (tertiary/aromatic N) is 1. The summed E-state index contributed by atoms with van der Waals surface area (Å²) < 4.78 is 52.8. The van der Waals surface area contributed by atoms with Gasteiger partial charge in [0, 0.05) is 37.7 Å². The first-order valence-corrected chi connectivity index (χ1v) is 10.3. The number of halogens is 5. The van der Waals surface area contributed by atoms with E-state index in [4.69, 9.17) is 23.2 Å². The Labute approximate surface area is 171 Å². The summed E-state index contributed by atoms with van der Waals surface area (Å²) in [5.41, 5.74) is -1.05. The number of hydrogen-bond acceptors (Lipinski definition) is 2. The van der Waals surface area contributed by atoms with E-state index in [1.54, 1.807) is 25.1 Å². The Kier molecular flexibility index (Phi) is 5.89. The van der Waals surface area contributed by atoms with E-state index in [9.17, 15) is 22.2 Å². The van der Waals surface area contributed by atoms with Crippen molar-refractivity contribution in [3.63, 3.8) is 0 Å². The van der Waals surface area contributed by atoms with Crippen molar-refractivity contribution in [3.8, 4) is 0 Å². The minimum Gasteiger partial charge on any atom is -0.311 e. The molecule has 0 radical (unpaired) electrons. The van der Waals surface area contributed by atoms with Crippen LogP contribution in [0.1, 0.15) is 18.1 Å². The minimum absolute atomic E-state index is 0.0181. The lowest BCUT2D eigenvalue weighted by molar-refractivity contribution is -0.137. The molecule has 0 aliphatic rings. The van der Waals surface area contributed by atoms with Crippen LogP contribution in [0, 0.1) is 0 Å². The standard InChI is InChI=1S/C19H14Cl2F3NO2S/c1-2-28(27)17-4-3-13(20)7-11(17)10-25-6-5-14-15(18(25)26)8-12(9-16(14)21)19(22,23)24/h3-9H,2,10H2,1H3. The van der Waals surface area contributed by atoms with Crippen LogP contribution in [0.2, 0.25) is 10.0 Å². The summed E-state index contributed by atoms with van der Waals surface area (Å²) in [6.07, 6.45) is -3.17. The number of aromatic nitrogens is 1. The van der Waals surface area contributed by atoms with Gasteiger partial charge in [-0.1, -0.05) is 30.1 Å². The van der Waals surface area contributed by atoms with Crippen LogP contribution in [-0.2, 0) is 23.5 Å². The molecular formula is C19H14Cl2F3NO2S. The van der Waals surface area contributed by atoms with Crippen LogP contribution in [0.15, 0.2) is 52.3 Å². The van der Waals surface area contributed by atoms with Crippen LogP contribution in [0.4, 0.5) is 13.2 Å². The second-order valence-corrected chi connectivity index (χ2v) is 8.60. The van der Waals surface area contributed by atoms with Crippen molar-refractivity contribution in [2.24, 2.45) is 0 Å². The Hall–Kier alpha value is -1.83. The molecule has 3 aromatic rings. The summed E-state index contributed by atoms with van der Waals surface area (Å²) in [6.45, 7) is 1.78. The van der Waals surface area contributed by atoms with Crippen LogP contribution >= 0.6 is 23.2 Å². The highest BCUT2D eigenvalue weighted by atomic mass is 35.5. The van der Waals surface area contributed by atoms with E-state index in [2.05, 4.69) is 0 Å². The van der Waals surface area contributed by atoms with Gasteiger partial charge < -0.3 is 4.57 Å². The molecule has 0 bridgehead atoms. The number of alkyl halides is 3. The molecule has 9 heteroatoms. The molecular weight excluding hydrogens is 434 g/mol. The van der Waals surface area contributed by atoms with Crippen molar-refractivity contribution in [2.75, 3.05) is 5.75 Å². The highest BCUT2D eigenvalue weighted by molar-refractivity contribution is 7.85. The summed E-state index contributed by atoms with van der Waals surface area (Å²) in [4.78, 5) is 13.4. The van der Waals surface area contributed by atoms with Crippen LogP contribution in [-0.4, -0.2) is 14.5 Å². The van der Waals surface area contributed by atoms with Gasteiger partial charge in [0.15, 0.2) is 0 Å². The molecule has 2 aromatic carbocycles. The largest absolute Gasteiger partial charge is 0.416 e. The van der Waals surface area contributed by atoms with E-state index in [0.29, 0.717) is 21.2 Å². The average Bonchev–Trinajstić information content (AvgIpc) is 2.63. The molecule has 1 heterocycles. The summed E-state index contributed by atoms with van der Waals surface area (Å²) in [5.74, 6) is 0.381. The van der Waals surface area contributed by atoms with Gasteiger partial charge in [-0.15, -0.1) is 0 Å². The second-order valence-electron chi connectivity index (χ2n) is 6.05. The first-order chi connectivity index (χ1) is 13.1. The van der Waals surface area contributed by atoms with Gasteiger partial charge in [-0.25, -0.2) is 0 Å². The zero-order valence-electron chi connectivity index (χ0n) is 14.5. The molecule has 0 N–H and O–H groups in total.